The van der Waals surface area contributed by atoms with Crippen LogP contribution < -0.4 is 5.32 Å². The largest absolute Gasteiger partial charge is 0.377 e. The summed E-state index contributed by atoms with van der Waals surface area (Å²) in [5.74, 6) is 3.31. The van der Waals surface area contributed by atoms with Crippen molar-refractivity contribution in [3.63, 3.8) is 0 Å². The predicted octanol–water partition coefficient (Wildman–Crippen LogP) is 3.97. The Morgan fingerprint density at radius 1 is 1.23 bits per heavy atom. The summed E-state index contributed by atoms with van der Waals surface area (Å²) in [7, 11) is 0. The second-order valence-electron chi connectivity index (χ2n) is 9.44. The Bertz CT molecular complexity index is 689. The fourth-order valence-corrected chi connectivity index (χ4v) is 7.48. The van der Waals surface area contributed by atoms with Gasteiger partial charge in [-0.15, -0.1) is 0 Å². The van der Waals surface area contributed by atoms with Crippen molar-refractivity contribution in [2.75, 3.05) is 13.2 Å². The molecule has 3 aliphatic carbocycles. The monoisotopic (exact) mass is 353 g/mol. The molecule has 1 aliphatic heterocycles. The molecule has 0 aromatic heterocycles. The van der Waals surface area contributed by atoms with Crippen LogP contribution in [0.15, 0.2) is 30.3 Å². The van der Waals surface area contributed by atoms with Crippen molar-refractivity contribution >= 4 is 5.78 Å². The van der Waals surface area contributed by atoms with E-state index in [0.29, 0.717) is 24.2 Å². The Labute approximate surface area is 156 Å². The predicted molar refractivity (Wildman–Crippen MR) is 102 cm³/mol. The van der Waals surface area contributed by atoms with Crippen LogP contribution in [0.25, 0.3) is 0 Å². The van der Waals surface area contributed by atoms with E-state index in [1.165, 1.54) is 24.8 Å². The van der Waals surface area contributed by atoms with Gasteiger partial charge in [0.1, 0.15) is 5.78 Å². The van der Waals surface area contributed by atoms with Crippen molar-refractivity contribution in [2.45, 2.75) is 57.6 Å². The number of carbonyl (C=O) groups excluding carboxylic acids is 1. The third kappa shape index (κ3) is 2.23. The van der Waals surface area contributed by atoms with Gasteiger partial charge in [-0.1, -0.05) is 37.3 Å². The fourth-order valence-electron chi connectivity index (χ4n) is 7.48. The fraction of sp³-hybridized carbons (Fsp3) is 0.696. The van der Waals surface area contributed by atoms with Crippen molar-refractivity contribution in [1.82, 2.24) is 5.32 Å². The van der Waals surface area contributed by atoms with Gasteiger partial charge in [0.25, 0.3) is 0 Å². The smallest absolute Gasteiger partial charge is 0.141 e. The highest BCUT2D eigenvalue weighted by Crippen LogP contribution is 2.70. The molecular weight excluding hydrogens is 322 g/mol. The molecule has 0 amide bonds. The topological polar surface area (TPSA) is 38.3 Å². The SMILES string of the molecule is CC1CC2CC(=O)C3(CCCOCc4ccccc4)C4CNC3(C1)C2C4. The summed E-state index contributed by atoms with van der Waals surface area (Å²) >= 11 is 0. The van der Waals surface area contributed by atoms with E-state index < -0.39 is 0 Å². The lowest BCUT2D eigenvalue weighted by molar-refractivity contribution is -0.144. The maximum atomic E-state index is 13.4. The summed E-state index contributed by atoms with van der Waals surface area (Å²) < 4.78 is 5.93. The molecule has 3 saturated carbocycles. The molecule has 3 nitrogen and oxygen atoms in total. The van der Waals surface area contributed by atoms with Gasteiger partial charge in [0.15, 0.2) is 0 Å². The van der Waals surface area contributed by atoms with E-state index in [1.54, 1.807) is 0 Å². The Hall–Kier alpha value is -1.19. The van der Waals surface area contributed by atoms with Gasteiger partial charge in [-0.25, -0.2) is 0 Å². The van der Waals surface area contributed by atoms with Crippen LogP contribution in [0.4, 0.5) is 0 Å². The van der Waals surface area contributed by atoms with Crippen LogP contribution in [-0.4, -0.2) is 24.5 Å². The lowest BCUT2D eigenvalue weighted by Gasteiger charge is -2.56. The number of hydrogen-bond acceptors (Lipinski definition) is 3. The van der Waals surface area contributed by atoms with Crippen LogP contribution >= 0.6 is 0 Å². The molecule has 1 N–H and O–H groups in total. The van der Waals surface area contributed by atoms with E-state index in [-0.39, 0.29) is 11.0 Å². The second kappa shape index (κ2) is 6.17. The van der Waals surface area contributed by atoms with Gasteiger partial charge in [-0.3, -0.25) is 4.79 Å². The van der Waals surface area contributed by atoms with E-state index in [1.807, 2.05) is 6.07 Å². The lowest BCUT2D eigenvalue weighted by atomic mass is 9.50. The van der Waals surface area contributed by atoms with Crippen LogP contribution in [0.2, 0.25) is 0 Å². The molecule has 1 spiro atoms. The van der Waals surface area contributed by atoms with Crippen LogP contribution in [0, 0.1) is 29.1 Å². The number of hydrogen-bond donors (Lipinski definition) is 1. The van der Waals surface area contributed by atoms with Crippen LogP contribution in [0.1, 0.15) is 51.0 Å². The van der Waals surface area contributed by atoms with E-state index in [2.05, 4.69) is 36.5 Å². The maximum absolute atomic E-state index is 13.4. The average Bonchev–Trinajstić information content (AvgIpc) is 3.04. The quantitative estimate of drug-likeness (QED) is 0.787. The summed E-state index contributed by atoms with van der Waals surface area (Å²) in [6, 6.07) is 10.4. The minimum atomic E-state index is -0.0844. The molecule has 6 atom stereocenters. The van der Waals surface area contributed by atoms with Crippen LogP contribution in [0.3, 0.4) is 0 Å². The number of ketones is 1. The minimum Gasteiger partial charge on any atom is -0.377 e. The molecule has 1 heterocycles. The number of ether oxygens (including phenoxy) is 1. The molecule has 6 unspecified atom stereocenters. The highest BCUT2D eigenvalue weighted by Gasteiger charge is 2.75. The molecule has 1 aromatic rings. The van der Waals surface area contributed by atoms with Crippen molar-refractivity contribution in [3.8, 4) is 0 Å². The number of benzene rings is 1. The zero-order valence-electron chi connectivity index (χ0n) is 15.9. The van der Waals surface area contributed by atoms with Gasteiger partial charge in [-0.2, -0.15) is 0 Å². The van der Waals surface area contributed by atoms with Crippen molar-refractivity contribution < 1.29 is 9.53 Å². The van der Waals surface area contributed by atoms with Crippen molar-refractivity contribution in [3.05, 3.63) is 35.9 Å². The summed E-state index contributed by atoms with van der Waals surface area (Å²) in [6.45, 7) is 4.90. The van der Waals surface area contributed by atoms with Gasteiger partial charge in [0.05, 0.1) is 12.0 Å². The number of Topliss-reactive ketones (excluding diaryl/α,β-unsaturated/α-hetero) is 1. The molecule has 4 aliphatic rings. The van der Waals surface area contributed by atoms with Gasteiger partial charge in [0.2, 0.25) is 0 Å². The zero-order valence-corrected chi connectivity index (χ0v) is 15.9. The molecule has 4 fully saturated rings. The Morgan fingerprint density at radius 3 is 2.92 bits per heavy atom. The molecular formula is C23H31NO2. The number of rotatable bonds is 6. The van der Waals surface area contributed by atoms with Gasteiger partial charge in [-0.05, 0) is 67.9 Å². The van der Waals surface area contributed by atoms with E-state index in [4.69, 9.17) is 4.74 Å². The third-order valence-corrected chi connectivity index (χ3v) is 8.19. The van der Waals surface area contributed by atoms with E-state index in [9.17, 15) is 4.79 Å². The molecule has 5 rings (SSSR count). The molecule has 1 saturated heterocycles. The first-order valence-electron chi connectivity index (χ1n) is 10.6. The Morgan fingerprint density at radius 2 is 2.08 bits per heavy atom. The second-order valence-corrected chi connectivity index (χ2v) is 9.44. The number of piperidine rings is 1. The average molecular weight is 354 g/mol. The van der Waals surface area contributed by atoms with Gasteiger partial charge < -0.3 is 10.1 Å². The minimum absolute atomic E-state index is 0.0844. The number of nitrogens with one attached hydrogen (secondary N) is 1. The lowest BCUT2D eigenvalue weighted by Crippen LogP contribution is -2.65. The van der Waals surface area contributed by atoms with Crippen molar-refractivity contribution in [1.29, 1.82) is 0 Å². The molecule has 0 radical (unpaired) electrons. The summed E-state index contributed by atoms with van der Waals surface area (Å²) in [5, 5.41) is 3.91. The van der Waals surface area contributed by atoms with Crippen molar-refractivity contribution in [2.24, 2.45) is 29.1 Å². The molecule has 1 aromatic carbocycles. The third-order valence-electron chi connectivity index (χ3n) is 8.19. The van der Waals surface area contributed by atoms with E-state index >= 15 is 0 Å². The first-order valence-corrected chi connectivity index (χ1v) is 10.6. The summed E-state index contributed by atoms with van der Waals surface area (Å²) in [5.41, 5.74) is 1.26. The van der Waals surface area contributed by atoms with Gasteiger partial charge in [0, 0.05) is 18.6 Å². The van der Waals surface area contributed by atoms with Gasteiger partial charge >= 0.3 is 0 Å². The first kappa shape index (κ1) is 16.9. The molecule has 3 heteroatoms. The Balaban J connectivity index is 1.28. The van der Waals surface area contributed by atoms with Crippen LogP contribution in [0.5, 0.6) is 0 Å². The standard InChI is InChI=1S/C23H31NO2/c1-16-10-18-11-21(25)22(19-12-20(18)23(22,13-16)24-14-19)8-5-9-26-15-17-6-3-2-4-7-17/h2-4,6-7,16,18-20,24H,5,8-15H2,1H3. The van der Waals surface area contributed by atoms with E-state index in [0.717, 1.165) is 44.2 Å². The highest BCUT2D eigenvalue weighted by atomic mass is 16.5. The number of carbonyl (C=O) groups is 1. The maximum Gasteiger partial charge on any atom is 0.141 e. The molecule has 5 bridgehead atoms. The molecule has 26 heavy (non-hydrogen) atoms. The summed E-state index contributed by atoms with van der Waals surface area (Å²) in [6.07, 6.45) is 6.64. The molecule has 140 valence electrons. The Kier molecular flexibility index (Phi) is 4.02. The normalized spacial score (nSPS) is 43.0. The van der Waals surface area contributed by atoms with Crippen LogP contribution in [-0.2, 0) is 16.1 Å². The highest BCUT2D eigenvalue weighted by molar-refractivity contribution is 5.90. The zero-order chi connectivity index (χ0) is 17.8. The first-order chi connectivity index (χ1) is 12.7. The summed E-state index contributed by atoms with van der Waals surface area (Å²) in [4.78, 5) is 13.4.